The van der Waals surface area contributed by atoms with Crippen molar-refractivity contribution in [3.8, 4) is 11.8 Å². The van der Waals surface area contributed by atoms with Gasteiger partial charge in [-0.2, -0.15) is 0 Å². The second kappa shape index (κ2) is 8.75. The minimum absolute atomic E-state index is 0.00292. The number of benzene rings is 2. The van der Waals surface area contributed by atoms with E-state index in [1.165, 1.54) is 0 Å². The van der Waals surface area contributed by atoms with E-state index in [1.54, 1.807) is 31.2 Å². The summed E-state index contributed by atoms with van der Waals surface area (Å²) in [5.74, 6) is 5.79. The molecule has 2 amide bonds. The Morgan fingerprint density at radius 2 is 1.97 bits per heavy atom. The Morgan fingerprint density at radius 1 is 1.17 bits per heavy atom. The van der Waals surface area contributed by atoms with Crippen LogP contribution in [-0.4, -0.2) is 39.8 Å². The Labute approximate surface area is 175 Å². The van der Waals surface area contributed by atoms with Gasteiger partial charge in [0.2, 0.25) is 0 Å². The molecule has 2 aromatic carbocycles. The first-order valence-corrected chi connectivity index (χ1v) is 9.96. The van der Waals surface area contributed by atoms with Gasteiger partial charge in [-0.3, -0.25) is 9.59 Å². The van der Waals surface area contributed by atoms with Crippen molar-refractivity contribution in [2.75, 3.05) is 18.4 Å². The lowest BCUT2D eigenvalue weighted by Gasteiger charge is -2.17. The van der Waals surface area contributed by atoms with Crippen LogP contribution < -0.4 is 5.32 Å². The Bertz CT molecular complexity index is 1150. The normalized spacial score (nSPS) is 15.5. The Hall–Kier alpha value is -3.72. The van der Waals surface area contributed by atoms with Crippen LogP contribution in [0.4, 0.5) is 5.69 Å². The Kier molecular flexibility index (Phi) is 5.71. The lowest BCUT2D eigenvalue weighted by molar-refractivity contribution is -0.111. The van der Waals surface area contributed by atoms with Gasteiger partial charge in [0.1, 0.15) is 5.82 Å². The maximum Gasteiger partial charge on any atom is 0.300 e. The summed E-state index contributed by atoms with van der Waals surface area (Å²) >= 11 is 0. The summed E-state index contributed by atoms with van der Waals surface area (Å²) in [4.78, 5) is 35.4. The van der Waals surface area contributed by atoms with Crippen LogP contribution in [0.5, 0.6) is 0 Å². The molecule has 0 bridgehead atoms. The molecule has 1 saturated heterocycles. The van der Waals surface area contributed by atoms with E-state index >= 15 is 0 Å². The predicted octanol–water partition coefficient (Wildman–Crippen LogP) is 3.30. The van der Waals surface area contributed by atoms with E-state index in [4.69, 9.17) is 0 Å². The number of hydrogen-bond acceptors (Lipinski definition) is 4. The number of amides is 2. The van der Waals surface area contributed by atoms with Crippen molar-refractivity contribution in [1.82, 2.24) is 14.9 Å². The van der Waals surface area contributed by atoms with E-state index in [1.807, 2.05) is 35.4 Å². The van der Waals surface area contributed by atoms with Crippen molar-refractivity contribution in [3.05, 3.63) is 66.1 Å². The monoisotopic (exact) mass is 398 g/mol. The third-order valence-corrected chi connectivity index (χ3v) is 5.21. The fraction of sp³-hybridized carbons (Fsp3) is 0.250. The lowest BCUT2D eigenvalue weighted by atomic mass is 10.0. The zero-order valence-corrected chi connectivity index (χ0v) is 16.8. The summed E-state index contributed by atoms with van der Waals surface area (Å²) in [6.07, 6.45) is 3.56. The van der Waals surface area contributed by atoms with E-state index < -0.39 is 0 Å². The van der Waals surface area contributed by atoms with Crippen LogP contribution >= 0.6 is 0 Å². The number of carbonyl (C=O) groups excluding carboxylic acids is 2. The van der Waals surface area contributed by atoms with Gasteiger partial charge in [-0.25, -0.2) is 9.97 Å². The van der Waals surface area contributed by atoms with Crippen molar-refractivity contribution >= 4 is 28.4 Å². The first-order chi connectivity index (χ1) is 14.6. The number of carbonyl (C=O) groups is 2. The maximum absolute atomic E-state index is 12.8. The smallest absolute Gasteiger partial charge is 0.300 e. The van der Waals surface area contributed by atoms with Crippen LogP contribution in [0.25, 0.3) is 10.9 Å². The van der Waals surface area contributed by atoms with Gasteiger partial charge in [0.25, 0.3) is 11.8 Å². The van der Waals surface area contributed by atoms with E-state index in [2.05, 4.69) is 27.1 Å². The number of likely N-dealkylation sites (tertiary alicyclic amines) is 1. The maximum atomic E-state index is 12.8. The number of aromatic nitrogens is 2. The molecule has 0 saturated carbocycles. The van der Waals surface area contributed by atoms with Gasteiger partial charge >= 0.3 is 0 Å². The molecule has 2 heterocycles. The summed E-state index contributed by atoms with van der Waals surface area (Å²) in [6, 6.07) is 14.9. The first kappa shape index (κ1) is 19.6. The molecular formula is C24H22N4O2. The molecule has 0 spiro atoms. The van der Waals surface area contributed by atoms with Crippen molar-refractivity contribution < 1.29 is 9.59 Å². The average Bonchev–Trinajstić information content (AvgIpc) is 3.22. The van der Waals surface area contributed by atoms with Gasteiger partial charge in [-0.15, -0.1) is 0 Å². The Balaban J connectivity index is 1.36. The summed E-state index contributed by atoms with van der Waals surface area (Å²) < 4.78 is 0. The fourth-order valence-corrected chi connectivity index (χ4v) is 3.71. The number of nitrogens with one attached hydrogen (secondary N) is 1. The number of rotatable bonds is 4. The molecule has 0 aliphatic carbocycles. The predicted molar refractivity (Wildman–Crippen MR) is 116 cm³/mol. The van der Waals surface area contributed by atoms with E-state index in [9.17, 15) is 9.59 Å². The zero-order chi connectivity index (χ0) is 20.9. The third-order valence-electron chi connectivity index (χ3n) is 5.21. The van der Waals surface area contributed by atoms with Gasteiger partial charge in [-0.1, -0.05) is 24.1 Å². The number of nitrogens with zero attached hydrogens (tertiary/aromatic N) is 3. The molecule has 4 rings (SSSR count). The zero-order valence-electron chi connectivity index (χ0n) is 16.8. The highest BCUT2D eigenvalue weighted by molar-refractivity contribution is 6.04. The number of anilines is 1. The second-order valence-electron chi connectivity index (χ2n) is 7.36. The van der Waals surface area contributed by atoms with Crippen LogP contribution in [0.2, 0.25) is 0 Å². The van der Waals surface area contributed by atoms with Crippen molar-refractivity contribution in [2.24, 2.45) is 5.92 Å². The van der Waals surface area contributed by atoms with E-state index in [0.717, 1.165) is 36.1 Å². The van der Waals surface area contributed by atoms with Crippen LogP contribution in [0, 0.1) is 17.8 Å². The highest BCUT2D eigenvalue weighted by Gasteiger charge is 2.27. The average molecular weight is 398 g/mol. The minimum atomic E-state index is -0.366. The molecule has 0 radical (unpaired) electrons. The molecule has 1 aliphatic rings. The number of fused-ring (bicyclic) bond motifs is 1. The van der Waals surface area contributed by atoms with Gasteiger partial charge < -0.3 is 10.2 Å². The van der Waals surface area contributed by atoms with Crippen LogP contribution in [0.1, 0.15) is 29.5 Å². The molecule has 1 fully saturated rings. The lowest BCUT2D eigenvalue weighted by Crippen LogP contribution is -2.29. The highest BCUT2D eigenvalue weighted by atomic mass is 16.2. The van der Waals surface area contributed by atoms with Crippen LogP contribution in [0.15, 0.2) is 54.7 Å². The third kappa shape index (κ3) is 4.47. The molecule has 1 atom stereocenters. The van der Waals surface area contributed by atoms with Crippen molar-refractivity contribution in [1.29, 1.82) is 0 Å². The molecule has 150 valence electrons. The summed E-state index contributed by atoms with van der Waals surface area (Å²) in [5.41, 5.74) is 2.18. The summed E-state index contributed by atoms with van der Waals surface area (Å²) in [5, 5.41) is 3.71. The minimum Gasteiger partial charge on any atom is -0.338 e. The van der Waals surface area contributed by atoms with E-state index in [0.29, 0.717) is 23.7 Å². The van der Waals surface area contributed by atoms with Crippen molar-refractivity contribution in [2.45, 2.75) is 19.8 Å². The fourth-order valence-electron chi connectivity index (χ4n) is 3.71. The van der Waals surface area contributed by atoms with E-state index in [-0.39, 0.29) is 11.8 Å². The molecule has 6 heteroatoms. The van der Waals surface area contributed by atoms with Crippen LogP contribution in [-0.2, 0) is 11.2 Å². The quantitative estimate of drug-likeness (QED) is 0.685. The second-order valence-corrected chi connectivity index (χ2v) is 7.36. The van der Waals surface area contributed by atoms with Gasteiger partial charge in [0, 0.05) is 42.3 Å². The molecule has 1 aliphatic heterocycles. The van der Waals surface area contributed by atoms with Crippen LogP contribution in [0.3, 0.4) is 0 Å². The largest absolute Gasteiger partial charge is 0.338 e. The van der Waals surface area contributed by atoms with Gasteiger partial charge in [0.05, 0.1) is 5.52 Å². The molecule has 30 heavy (non-hydrogen) atoms. The SMILES string of the molecule is CC#CC(=O)Nc1ccc(C(=O)N2CC[C@@H](Cc3ncc4ccccc4n3)C2)cc1. The number of para-hydroxylation sites is 1. The topological polar surface area (TPSA) is 75.2 Å². The van der Waals surface area contributed by atoms with Gasteiger partial charge in [0.15, 0.2) is 0 Å². The number of hydrogen-bond donors (Lipinski definition) is 1. The van der Waals surface area contributed by atoms with Gasteiger partial charge in [-0.05, 0) is 55.5 Å². The first-order valence-electron chi connectivity index (χ1n) is 9.96. The molecule has 6 nitrogen and oxygen atoms in total. The molecule has 1 N–H and O–H groups in total. The molecule has 1 aromatic heterocycles. The summed E-state index contributed by atoms with van der Waals surface area (Å²) in [6.45, 7) is 3.03. The molecule has 0 unspecified atom stereocenters. The molecule has 3 aromatic rings. The Morgan fingerprint density at radius 3 is 2.77 bits per heavy atom. The summed E-state index contributed by atoms with van der Waals surface area (Å²) in [7, 11) is 0. The standard InChI is InChI=1S/C24H22N4O2/c1-2-5-23(29)26-20-10-8-18(9-11-20)24(30)28-13-12-17(16-28)14-22-25-15-19-6-3-4-7-21(19)27-22/h3-4,6-11,15,17H,12-14,16H2,1H3,(H,26,29)/t17-/m0/s1. The van der Waals surface area contributed by atoms with Crippen molar-refractivity contribution in [3.63, 3.8) is 0 Å². The highest BCUT2D eigenvalue weighted by Crippen LogP contribution is 2.23. The molecular weight excluding hydrogens is 376 g/mol.